The van der Waals surface area contributed by atoms with Crippen molar-refractivity contribution in [1.29, 1.82) is 0 Å². The summed E-state index contributed by atoms with van der Waals surface area (Å²) in [5.41, 5.74) is 0.754. The van der Waals surface area contributed by atoms with E-state index in [2.05, 4.69) is 26.2 Å². The van der Waals surface area contributed by atoms with Crippen molar-refractivity contribution in [3.63, 3.8) is 0 Å². The Kier molecular flexibility index (Phi) is 2.02. The lowest BCUT2D eigenvalue weighted by atomic mass is 10.0. The molecule has 0 aromatic carbocycles. The number of hydrogen-bond donors (Lipinski definition) is 2. The lowest BCUT2D eigenvalue weighted by Gasteiger charge is -2.27. The molecular formula is C8H9BrN2O. The molecule has 1 aromatic heterocycles. The fourth-order valence-electron chi connectivity index (χ4n) is 1.23. The van der Waals surface area contributed by atoms with Gasteiger partial charge in [0.1, 0.15) is 5.75 Å². The predicted octanol–water partition coefficient (Wildman–Crippen LogP) is 1.58. The molecule has 64 valence electrons. The third kappa shape index (κ3) is 1.32. The maximum atomic E-state index is 9.49. The number of rotatable bonds is 1. The third-order valence-corrected chi connectivity index (χ3v) is 2.45. The zero-order valence-corrected chi connectivity index (χ0v) is 8.00. The summed E-state index contributed by atoms with van der Waals surface area (Å²) in [5, 5.41) is 12.7. The molecule has 0 spiro atoms. The summed E-state index contributed by atoms with van der Waals surface area (Å²) >= 11 is 3.24. The van der Waals surface area contributed by atoms with Crippen LogP contribution in [0.2, 0.25) is 0 Å². The van der Waals surface area contributed by atoms with E-state index in [-0.39, 0.29) is 11.8 Å². The van der Waals surface area contributed by atoms with Crippen LogP contribution in [0, 0.1) is 0 Å². The molecule has 0 amide bonds. The van der Waals surface area contributed by atoms with Gasteiger partial charge in [0.15, 0.2) is 0 Å². The topological polar surface area (TPSA) is 45.2 Å². The molecule has 1 unspecified atom stereocenters. The number of halogens is 1. The predicted molar refractivity (Wildman–Crippen MR) is 49.0 cm³/mol. The Morgan fingerprint density at radius 1 is 1.67 bits per heavy atom. The van der Waals surface area contributed by atoms with Crippen LogP contribution in [0.3, 0.4) is 0 Å². The Labute approximate surface area is 79.0 Å². The van der Waals surface area contributed by atoms with Gasteiger partial charge in [-0.25, -0.2) is 0 Å². The molecule has 1 aromatic rings. The van der Waals surface area contributed by atoms with Gasteiger partial charge in [0.2, 0.25) is 0 Å². The van der Waals surface area contributed by atoms with Crippen LogP contribution in [0.25, 0.3) is 0 Å². The van der Waals surface area contributed by atoms with Gasteiger partial charge in [0.05, 0.1) is 11.7 Å². The SMILES string of the molecule is Oc1cc(Br)cnc1C1CCN1. The van der Waals surface area contributed by atoms with Crippen LogP contribution in [0.5, 0.6) is 5.75 Å². The summed E-state index contributed by atoms with van der Waals surface area (Å²) in [5.74, 6) is 0.265. The Bertz CT molecular complexity index is 299. The molecule has 1 aliphatic heterocycles. The zero-order valence-electron chi connectivity index (χ0n) is 6.42. The zero-order chi connectivity index (χ0) is 8.55. The fourth-order valence-corrected chi connectivity index (χ4v) is 1.55. The van der Waals surface area contributed by atoms with Crippen LogP contribution in [0.4, 0.5) is 0 Å². The number of aromatic hydroxyl groups is 1. The van der Waals surface area contributed by atoms with E-state index < -0.39 is 0 Å². The minimum atomic E-state index is 0.248. The van der Waals surface area contributed by atoms with E-state index in [4.69, 9.17) is 0 Å². The van der Waals surface area contributed by atoms with Gasteiger partial charge in [-0.15, -0.1) is 0 Å². The average molecular weight is 229 g/mol. The molecular weight excluding hydrogens is 220 g/mol. The molecule has 12 heavy (non-hydrogen) atoms. The van der Waals surface area contributed by atoms with Crippen molar-refractivity contribution in [1.82, 2.24) is 10.3 Å². The standard InChI is InChI=1S/C8H9BrN2O/c9-5-3-7(12)8(11-4-5)6-1-2-10-6/h3-4,6,10,12H,1-2H2. The van der Waals surface area contributed by atoms with E-state index in [1.807, 2.05) is 0 Å². The molecule has 1 saturated heterocycles. The van der Waals surface area contributed by atoms with Gasteiger partial charge in [-0.3, -0.25) is 4.98 Å². The highest BCUT2D eigenvalue weighted by Gasteiger charge is 2.22. The normalized spacial score (nSPS) is 21.9. The summed E-state index contributed by atoms with van der Waals surface area (Å²) in [7, 11) is 0. The second kappa shape index (κ2) is 3.03. The Hall–Kier alpha value is -0.610. The fraction of sp³-hybridized carbons (Fsp3) is 0.375. The first-order valence-electron chi connectivity index (χ1n) is 3.85. The lowest BCUT2D eigenvalue weighted by Crippen LogP contribution is -2.35. The molecule has 0 saturated carbocycles. The molecule has 2 N–H and O–H groups in total. The van der Waals surface area contributed by atoms with Crippen molar-refractivity contribution < 1.29 is 5.11 Å². The van der Waals surface area contributed by atoms with E-state index in [9.17, 15) is 5.11 Å². The smallest absolute Gasteiger partial charge is 0.139 e. The van der Waals surface area contributed by atoms with Crippen LogP contribution in [0.15, 0.2) is 16.7 Å². The number of nitrogens with zero attached hydrogens (tertiary/aromatic N) is 1. The Morgan fingerprint density at radius 3 is 2.92 bits per heavy atom. The first kappa shape index (κ1) is 8.01. The molecule has 0 aliphatic carbocycles. The largest absolute Gasteiger partial charge is 0.506 e. The summed E-state index contributed by atoms with van der Waals surface area (Å²) in [6.45, 7) is 1.02. The number of pyridine rings is 1. The van der Waals surface area contributed by atoms with Crippen LogP contribution >= 0.6 is 15.9 Å². The van der Waals surface area contributed by atoms with Gasteiger partial charge >= 0.3 is 0 Å². The van der Waals surface area contributed by atoms with Crippen molar-refractivity contribution in [2.75, 3.05) is 6.54 Å². The van der Waals surface area contributed by atoms with Gasteiger partial charge in [-0.1, -0.05) is 0 Å². The molecule has 1 fully saturated rings. The molecule has 0 radical (unpaired) electrons. The highest BCUT2D eigenvalue weighted by molar-refractivity contribution is 9.10. The molecule has 2 heterocycles. The number of aromatic nitrogens is 1. The molecule has 2 rings (SSSR count). The van der Waals surface area contributed by atoms with Crippen LogP contribution < -0.4 is 5.32 Å². The molecule has 4 heteroatoms. The quantitative estimate of drug-likeness (QED) is 0.768. The number of hydrogen-bond acceptors (Lipinski definition) is 3. The molecule has 1 aliphatic rings. The molecule has 3 nitrogen and oxygen atoms in total. The average Bonchev–Trinajstić information content (AvgIpc) is 1.91. The maximum Gasteiger partial charge on any atom is 0.139 e. The first-order valence-corrected chi connectivity index (χ1v) is 4.64. The summed E-state index contributed by atoms with van der Waals surface area (Å²) in [6, 6.07) is 1.92. The minimum Gasteiger partial charge on any atom is -0.506 e. The molecule has 1 atom stereocenters. The molecule has 0 bridgehead atoms. The first-order chi connectivity index (χ1) is 5.77. The summed E-state index contributed by atoms with van der Waals surface area (Å²) < 4.78 is 0.808. The van der Waals surface area contributed by atoms with Crippen molar-refractivity contribution in [3.8, 4) is 5.75 Å². The van der Waals surface area contributed by atoms with Gasteiger partial charge in [-0.05, 0) is 35.0 Å². The lowest BCUT2D eigenvalue weighted by molar-refractivity contribution is 0.355. The minimum absolute atomic E-state index is 0.248. The van der Waals surface area contributed by atoms with Gasteiger partial charge in [0.25, 0.3) is 0 Å². The second-order valence-corrected chi connectivity index (χ2v) is 3.77. The van der Waals surface area contributed by atoms with Crippen LogP contribution in [-0.2, 0) is 0 Å². The van der Waals surface area contributed by atoms with E-state index in [1.54, 1.807) is 12.3 Å². The van der Waals surface area contributed by atoms with Gasteiger partial charge < -0.3 is 10.4 Å². The highest BCUT2D eigenvalue weighted by Crippen LogP contribution is 2.29. The third-order valence-electron chi connectivity index (χ3n) is 2.02. The van der Waals surface area contributed by atoms with E-state index in [1.165, 1.54) is 0 Å². The van der Waals surface area contributed by atoms with Crippen molar-refractivity contribution in [2.24, 2.45) is 0 Å². The van der Waals surface area contributed by atoms with Crippen molar-refractivity contribution >= 4 is 15.9 Å². The van der Waals surface area contributed by atoms with E-state index in [0.717, 1.165) is 23.1 Å². The van der Waals surface area contributed by atoms with Gasteiger partial charge in [0, 0.05) is 10.7 Å². The van der Waals surface area contributed by atoms with Crippen molar-refractivity contribution in [2.45, 2.75) is 12.5 Å². The highest BCUT2D eigenvalue weighted by atomic mass is 79.9. The van der Waals surface area contributed by atoms with E-state index >= 15 is 0 Å². The Balaban J connectivity index is 2.31. The van der Waals surface area contributed by atoms with Gasteiger partial charge in [-0.2, -0.15) is 0 Å². The van der Waals surface area contributed by atoms with Crippen molar-refractivity contribution in [3.05, 3.63) is 22.4 Å². The summed E-state index contributed by atoms with van der Waals surface area (Å²) in [6.07, 6.45) is 2.76. The summed E-state index contributed by atoms with van der Waals surface area (Å²) in [4.78, 5) is 4.14. The second-order valence-electron chi connectivity index (χ2n) is 2.85. The number of nitrogens with one attached hydrogen (secondary N) is 1. The maximum absolute atomic E-state index is 9.49. The Morgan fingerprint density at radius 2 is 2.42 bits per heavy atom. The van der Waals surface area contributed by atoms with Crippen LogP contribution in [0.1, 0.15) is 18.2 Å². The monoisotopic (exact) mass is 228 g/mol. The van der Waals surface area contributed by atoms with E-state index in [0.29, 0.717) is 0 Å². The van der Waals surface area contributed by atoms with Crippen LogP contribution in [-0.4, -0.2) is 16.6 Å².